The van der Waals surface area contributed by atoms with Crippen molar-refractivity contribution in [1.82, 2.24) is 9.97 Å². The average Bonchev–Trinajstić information content (AvgIpc) is 2.01. The number of rotatable bonds is 1. The Bertz CT molecular complexity index is 320. The van der Waals surface area contributed by atoms with Gasteiger partial charge in [0.25, 0.3) is 0 Å². The molecule has 1 rings (SSSR count). The first-order valence-corrected chi connectivity index (χ1v) is 4.14. The maximum absolute atomic E-state index is 10.8. The van der Waals surface area contributed by atoms with Gasteiger partial charge >= 0.3 is 5.37 Å². The summed E-state index contributed by atoms with van der Waals surface area (Å²) in [6.45, 7) is 3.68. The van der Waals surface area contributed by atoms with E-state index in [1.165, 1.54) is 11.9 Å². The predicted molar refractivity (Wildman–Crippen MR) is 51.2 cm³/mol. The van der Waals surface area contributed by atoms with Gasteiger partial charge in [0.15, 0.2) is 0 Å². The van der Waals surface area contributed by atoms with Gasteiger partial charge in [-0.2, -0.15) is 0 Å². The second-order valence-corrected chi connectivity index (χ2v) is 3.09. The normalized spacial score (nSPS) is 9.85. The second kappa shape index (κ2) is 3.70. The molecule has 0 aliphatic heterocycles. The lowest BCUT2D eigenvalue weighted by molar-refractivity contribution is 0.265. The van der Waals surface area contributed by atoms with Crippen LogP contribution in [0, 0.1) is 13.8 Å². The Balaban J connectivity index is 3.07. The molecule has 0 aliphatic carbocycles. The number of nitrogens with zero attached hydrogens (tertiary/aromatic N) is 3. The second-order valence-electron chi connectivity index (χ2n) is 2.76. The first-order chi connectivity index (χ1) is 6.00. The molecule has 0 fully saturated rings. The summed E-state index contributed by atoms with van der Waals surface area (Å²) in [5.41, 5.74) is 1.62. The van der Waals surface area contributed by atoms with Crippen molar-refractivity contribution in [2.24, 2.45) is 0 Å². The van der Waals surface area contributed by atoms with Crippen LogP contribution < -0.4 is 4.90 Å². The maximum atomic E-state index is 10.8. The molecule has 1 heterocycles. The van der Waals surface area contributed by atoms with E-state index in [1.54, 1.807) is 0 Å². The Morgan fingerprint density at radius 2 is 1.85 bits per heavy atom. The third-order valence-electron chi connectivity index (χ3n) is 1.53. The minimum absolute atomic E-state index is 0.331. The van der Waals surface area contributed by atoms with Crippen LogP contribution in [0.15, 0.2) is 6.07 Å². The number of hydrogen-bond acceptors (Lipinski definition) is 3. The van der Waals surface area contributed by atoms with Gasteiger partial charge in [0, 0.05) is 18.4 Å². The van der Waals surface area contributed by atoms with Gasteiger partial charge in [-0.15, -0.1) is 0 Å². The summed E-state index contributed by atoms with van der Waals surface area (Å²) in [6.07, 6.45) is 0. The van der Waals surface area contributed by atoms with Crippen molar-refractivity contribution in [3.8, 4) is 0 Å². The van der Waals surface area contributed by atoms with E-state index in [9.17, 15) is 4.79 Å². The highest BCUT2D eigenvalue weighted by molar-refractivity contribution is 6.65. The van der Waals surface area contributed by atoms with Crippen molar-refractivity contribution in [2.75, 3.05) is 11.9 Å². The van der Waals surface area contributed by atoms with Crippen LogP contribution in [-0.4, -0.2) is 22.4 Å². The largest absolute Gasteiger partial charge is 0.322 e. The zero-order chi connectivity index (χ0) is 10.0. The SMILES string of the molecule is Cc1cc(C)nc(N(C)C(=O)Cl)n1. The number of halogens is 1. The van der Waals surface area contributed by atoms with Crippen molar-refractivity contribution in [2.45, 2.75) is 13.8 Å². The van der Waals surface area contributed by atoms with Crippen molar-refractivity contribution in [1.29, 1.82) is 0 Å². The van der Waals surface area contributed by atoms with Gasteiger partial charge in [0.1, 0.15) is 0 Å². The molecule has 0 saturated carbocycles. The van der Waals surface area contributed by atoms with Crippen LogP contribution in [0.25, 0.3) is 0 Å². The van der Waals surface area contributed by atoms with Gasteiger partial charge < -0.3 is 0 Å². The molecule has 1 aromatic heterocycles. The maximum Gasteiger partial charge on any atom is 0.322 e. The number of anilines is 1. The Morgan fingerprint density at radius 3 is 2.23 bits per heavy atom. The zero-order valence-corrected chi connectivity index (χ0v) is 8.46. The van der Waals surface area contributed by atoms with Gasteiger partial charge in [-0.3, -0.25) is 9.69 Å². The van der Waals surface area contributed by atoms with E-state index < -0.39 is 5.37 Å². The van der Waals surface area contributed by atoms with E-state index in [2.05, 4.69) is 9.97 Å². The molecule has 1 aromatic rings. The lowest BCUT2D eigenvalue weighted by Gasteiger charge is -2.11. The number of aryl methyl sites for hydroxylation is 2. The van der Waals surface area contributed by atoms with Gasteiger partial charge in [0.2, 0.25) is 5.95 Å². The van der Waals surface area contributed by atoms with Crippen LogP contribution in [0.2, 0.25) is 0 Å². The molecule has 70 valence electrons. The molecule has 0 saturated heterocycles. The quantitative estimate of drug-likeness (QED) is 0.513. The summed E-state index contributed by atoms with van der Waals surface area (Å²) in [6, 6.07) is 1.83. The molecule has 5 heteroatoms. The Labute approximate surface area is 81.6 Å². The van der Waals surface area contributed by atoms with Gasteiger partial charge in [-0.1, -0.05) is 0 Å². The third-order valence-corrected chi connectivity index (χ3v) is 1.79. The van der Waals surface area contributed by atoms with Crippen LogP contribution in [0.5, 0.6) is 0 Å². The monoisotopic (exact) mass is 199 g/mol. The van der Waals surface area contributed by atoms with Crippen molar-refractivity contribution in [3.05, 3.63) is 17.5 Å². The van der Waals surface area contributed by atoms with Crippen molar-refractivity contribution in [3.63, 3.8) is 0 Å². The highest BCUT2D eigenvalue weighted by atomic mass is 35.5. The molecule has 0 aliphatic rings. The van der Waals surface area contributed by atoms with Crippen LogP contribution in [0.1, 0.15) is 11.4 Å². The van der Waals surface area contributed by atoms with E-state index in [1.807, 2.05) is 19.9 Å². The van der Waals surface area contributed by atoms with E-state index >= 15 is 0 Å². The summed E-state index contributed by atoms with van der Waals surface area (Å²) in [5, 5.41) is -0.593. The fourth-order valence-electron chi connectivity index (χ4n) is 0.936. The first kappa shape index (κ1) is 9.92. The van der Waals surface area contributed by atoms with Gasteiger partial charge in [-0.25, -0.2) is 9.97 Å². The molecule has 0 aromatic carbocycles. The van der Waals surface area contributed by atoms with Crippen LogP contribution in [0.3, 0.4) is 0 Å². The first-order valence-electron chi connectivity index (χ1n) is 3.76. The number of amides is 1. The Morgan fingerprint density at radius 1 is 1.38 bits per heavy atom. The van der Waals surface area contributed by atoms with Crippen LogP contribution in [0.4, 0.5) is 10.7 Å². The van der Waals surface area contributed by atoms with E-state index in [-0.39, 0.29) is 0 Å². The Hall–Kier alpha value is -1.16. The smallest absolute Gasteiger partial charge is 0.270 e. The molecule has 0 spiro atoms. The third kappa shape index (κ3) is 2.39. The minimum atomic E-state index is -0.593. The number of carbonyl (C=O) groups is 1. The van der Waals surface area contributed by atoms with E-state index in [0.717, 1.165) is 11.4 Å². The number of aromatic nitrogens is 2. The molecule has 0 unspecified atom stereocenters. The molecule has 0 radical (unpaired) electrons. The molecule has 1 amide bonds. The number of carbonyl (C=O) groups excluding carboxylic acids is 1. The fourth-order valence-corrected chi connectivity index (χ4v) is 1.01. The highest BCUT2D eigenvalue weighted by Gasteiger charge is 2.10. The summed E-state index contributed by atoms with van der Waals surface area (Å²) < 4.78 is 0. The lowest BCUT2D eigenvalue weighted by Crippen LogP contribution is -2.22. The number of hydrogen-bond donors (Lipinski definition) is 0. The average molecular weight is 200 g/mol. The fraction of sp³-hybridized carbons (Fsp3) is 0.375. The van der Waals surface area contributed by atoms with Crippen LogP contribution >= 0.6 is 11.6 Å². The predicted octanol–water partition coefficient (Wildman–Crippen LogP) is 1.89. The van der Waals surface area contributed by atoms with Crippen molar-refractivity contribution >= 4 is 22.9 Å². The van der Waals surface area contributed by atoms with Gasteiger partial charge in [-0.05, 0) is 31.5 Å². The summed E-state index contributed by atoms with van der Waals surface area (Å²) in [5.74, 6) is 0.331. The highest BCUT2D eigenvalue weighted by Crippen LogP contribution is 2.09. The summed E-state index contributed by atoms with van der Waals surface area (Å²) in [7, 11) is 1.53. The lowest BCUT2D eigenvalue weighted by atomic mass is 10.4. The molecule has 0 N–H and O–H groups in total. The van der Waals surface area contributed by atoms with Crippen molar-refractivity contribution < 1.29 is 4.79 Å². The molecule has 4 nitrogen and oxygen atoms in total. The zero-order valence-electron chi connectivity index (χ0n) is 7.71. The van der Waals surface area contributed by atoms with Gasteiger partial charge in [0.05, 0.1) is 0 Å². The molecular weight excluding hydrogens is 190 g/mol. The topological polar surface area (TPSA) is 46.1 Å². The minimum Gasteiger partial charge on any atom is -0.270 e. The summed E-state index contributed by atoms with van der Waals surface area (Å²) >= 11 is 5.27. The molecule has 13 heavy (non-hydrogen) atoms. The summed E-state index contributed by atoms with van der Waals surface area (Å²) in [4.78, 5) is 20.1. The van der Waals surface area contributed by atoms with E-state index in [4.69, 9.17) is 11.6 Å². The molecule has 0 bridgehead atoms. The van der Waals surface area contributed by atoms with E-state index in [0.29, 0.717) is 5.95 Å². The standard InChI is InChI=1S/C8H10ClN3O/c1-5-4-6(2)11-8(10-5)12(3)7(9)13/h4H,1-3H3. The molecule has 0 atom stereocenters. The molecular formula is C8H10ClN3O. The van der Waals surface area contributed by atoms with Crippen LogP contribution in [-0.2, 0) is 0 Å². The Kier molecular flexibility index (Phi) is 2.83.